The summed E-state index contributed by atoms with van der Waals surface area (Å²) in [6, 6.07) is 7.24. The molecule has 2 rings (SSSR count). The second kappa shape index (κ2) is 6.70. The van der Waals surface area contributed by atoms with Crippen LogP contribution in [-0.4, -0.2) is 32.9 Å². The molecule has 0 aliphatic carbocycles. The summed E-state index contributed by atoms with van der Waals surface area (Å²) in [6.45, 7) is 4.12. The summed E-state index contributed by atoms with van der Waals surface area (Å²) >= 11 is 0. The third kappa shape index (κ3) is 3.40. The normalized spacial score (nSPS) is 21.0. The third-order valence-corrected chi connectivity index (χ3v) is 5.84. The fourth-order valence-electron chi connectivity index (χ4n) is 2.75. The average Bonchev–Trinajstić information content (AvgIpc) is 2.48. The van der Waals surface area contributed by atoms with Crippen LogP contribution < -0.4 is 5.32 Å². The van der Waals surface area contributed by atoms with Gasteiger partial charge in [0.2, 0.25) is 10.0 Å². The van der Waals surface area contributed by atoms with Crippen molar-refractivity contribution in [2.45, 2.75) is 37.6 Å². The van der Waals surface area contributed by atoms with Gasteiger partial charge in [-0.1, -0.05) is 25.5 Å². The molecular weight excluding hydrogens is 272 g/mol. The van der Waals surface area contributed by atoms with E-state index in [1.807, 2.05) is 19.2 Å². The average molecular weight is 296 g/mol. The minimum absolute atomic E-state index is 0.419. The predicted molar refractivity (Wildman–Crippen MR) is 81.0 cm³/mol. The third-order valence-electron chi connectivity index (χ3n) is 3.98. The lowest BCUT2D eigenvalue weighted by Gasteiger charge is -2.31. The van der Waals surface area contributed by atoms with E-state index in [0.29, 0.717) is 30.4 Å². The molecule has 0 bridgehead atoms. The molecule has 5 heteroatoms. The topological polar surface area (TPSA) is 49.4 Å². The molecular formula is C15H24N2O2S. The fourth-order valence-corrected chi connectivity index (χ4v) is 4.37. The molecule has 1 saturated heterocycles. The van der Waals surface area contributed by atoms with Gasteiger partial charge in [-0.05, 0) is 43.5 Å². The van der Waals surface area contributed by atoms with Gasteiger partial charge in [0.05, 0.1) is 4.90 Å². The maximum Gasteiger partial charge on any atom is 0.243 e. The molecule has 1 unspecified atom stereocenters. The molecule has 1 aromatic carbocycles. The van der Waals surface area contributed by atoms with E-state index in [1.165, 1.54) is 0 Å². The van der Waals surface area contributed by atoms with E-state index < -0.39 is 10.0 Å². The summed E-state index contributed by atoms with van der Waals surface area (Å²) in [5, 5.41) is 3.05. The Kier molecular flexibility index (Phi) is 5.18. The van der Waals surface area contributed by atoms with Crippen LogP contribution in [0.15, 0.2) is 29.2 Å². The Morgan fingerprint density at radius 1 is 1.40 bits per heavy atom. The molecule has 1 aliphatic heterocycles. The van der Waals surface area contributed by atoms with Crippen molar-refractivity contribution < 1.29 is 8.42 Å². The van der Waals surface area contributed by atoms with Gasteiger partial charge in [-0.3, -0.25) is 0 Å². The first kappa shape index (κ1) is 15.5. The summed E-state index contributed by atoms with van der Waals surface area (Å²) in [5.41, 5.74) is 0.998. The van der Waals surface area contributed by atoms with Gasteiger partial charge < -0.3 is 5.32 Å². The van der Waals surface area contributed by atoms with Crippen LogP contribution in [0.4, 0.5) is 0 Å². The summed E-state index contributed by atoms with van der Waals surface area (Å²) in [4.78, 5) is 0.419. The van der Waals surface area contributed by atoms with Crippen LogP contribution in [0.25, 0.3) is 0 Å². The first-order chi connectivity index (χ1) is 9.57. The number of nitrogens with one attached hydrogen (secondary N) is 1. The molecule has 4 nitrogen and oxygen atoms in total. The first-order valence-corrected chi connectivity index (χ1v) is 8.75. The highest BCUT2D eigenvalue weighted by molar-refractivity contribution is 7.89. The molecule has 20 heavy (non-hydrogen) atoms. The molecule has 1 aromatic rings. The van der Waals surface area contributed by atoms with Crippen molar-refractivity contribution in [2.75, 3.05) is 20.1 Å². The lowest BCUT2D eigenvalue weighted by atomic mass is 9.97. The number of rotatable bonds is 5. The Morgan fingerprint density at radius 3 is 2.90 bits per heavy atom. The number of hydrogen-bond acceptors (Lipinski definition) is 3. The van der Waals surface area contributed by atoms with Crippen molar-refractivity contribution in [2.24, 2.45) is 5.92 Å². The monoisotopic (exact) mass is 296 g/mol. The van der Waals surface area contributed by atoms with Crippen molar-refractivity contribution >= 4 is 10.0 Å². The largest absolute Gasteiger partial charge is 0.316 e. The van der Waals surface area contributed by atoms with E-state index in [4.69, 9.17) is 0 Å². The van der Waals surface area contributed by atoms with E-state index in [9.17, 15) is 8.42 Å². The number of hydrogen-bond donors (Lipinski definition) is 1. The van der Waals surface area contributed by atoms with Crippen LogP contribution in [0.1, 0.15) is 31.7 Å². The number of benzene rings is 1. The van der Waals surface area contributed by atoms with E-state index in [2.05, 4.69) is 12.2 Å². The van der Waals surface area contributed by atoms with Crippen LogP contribution in [0, 0.1) is 5.92 Å². The van der Waals surface area contributed by atoms with E-state index in [0.717, 1.165) is 24.8 Å². The quantitative estimate of drug-likeness (QED) is 0.906. The van der Waals surface area contributed by atoms with E-state index in [-0.39, 0.29) is 0 Å². The summed E-state index contributed by atoms with van der Waals surface area (Å²) in [6.07, 6.45) is 3.15. The molecule has 1 fully saturated rings. The smallest absolute Gasteiger partial charge is 0.243 e. The highest BCUT2D eigenvalue weighted by atomic mass is 32.2. The van der Waals surface area contributed by atoms with E-state index >= 15 is 0 Å². The molecule has 1 N–H and O–H groups in total. The van der Waals surface area contributed by atoms with Gasteiger partial charge >= 0.3 is 0 Å². The molecule has 1 atom stereocenters. The van der Waals surface area contributed by atoms with Gasteiger partial charge in [0.25, 0.3) is 0 Å². The highest BCUT2D eigenvalue weighted by Gasteiger charge is 2.29. The Bertz CT molecular complexity index is 543. The maximum atomic E-state index is 12.7. The van der Waals surface area contributed by atoms with Crippen LogP contribution >= 0.6 is 0 Å². The zero-order valence-electron chi connectivity index (χ0n) is 12.3. The number of sulfonamides is 1. The number of nitrogens with zero attached hydrogens (tertiary/aromatic N) is 1. The molecule has 1 aliphatic rings. The molecule has 0 saturated carbocycles. The van der Waals surface area contributed by atoms with Gasteiger partial charge in [0, 0.05) is 19.6 Å². The molecule has 0 spiro atoms. The van der Waals surface area contributed by atoms with Crippen LogP contribution in [0.3, 0.4) is 0 Å². The van der Waals surface area contributed by atoms with Crippen molar-refractivity contribution in [1.29, 1.82) is 0 Å². The van der Waals surface area contributed by atoms with Crippen molar-refractivity contribution in [1.82, 2.24) is 9.62 Å². The first-order valence-electron chi connectivity index (χ1n) is 7.31. The van der Waals surface area contributed by atoms with Crippen LogP contribution in [-0.2, 0) is 16.6 Å². The highest BCUT2D eigenvalue weighted by Crippen LogP contribution is 2.25. The summed E-state index contributed by atoms with van der Waals surface area (Å²) < 4.78 is 27.1. The van der Waals surface area contributed by atoms with Gasteiger partial charge in [-0.2, -0.15) is 4.31 Å². The van der Waals surface area contributed by atoms with Crippen molar-refractivity contribution in [3.8, 4) is 0 Å². The second-order valence-electron chi connectivity index (χ2n) is 5.46. The lowest BCUT2D eigenvalue weighted by Crippen LogP contribution is -2.39. The van der Waals surface area contributed by atoms with Crippen molar-refractivity contribution in [3.63, 3.8) is 0 Å². The maximum absolute atomic E-state index is 12.7. The minimum atomic E-state index is -3.34. The zero-order valence-corrected chi connectivity index (χ0v) is 13.1. The van der Waals surface area contributed by atoms with Crippen LogP contribution in [0.5, 0.6) is 0 Å². The molecule has 0 amide bonds. The van der Waals surface area contributed by atoms with Crippen molar-refractivity contribution in [3.05, 3.63) is 29.8 Å². The zero-order chi connectivity index (χ0) is 14.6. The summed E-state index contributed by atoms with van der Waals surface area (Å²) in [7, 11) is -1.48. The predicted octanol–water partition coefficient (Wildman–Crippen LogP) is 2.22. The minimum Gasteiger partial charge on any atom is -0.316 e. The fraction of sp³-hybridized carbons (Fsp3) is 0.600. The van der Waals surface area contributed by atoms with Gasteiger partial charge in [0.1, 0.15) is 0 Å². The molecule has 112 valence electrons. The Morgan fingerprint density at radius 2 is 2.20 bits per heavy atom. The lowest BCUT2D eigenvalue weighted by molar-refractivity contribution is 0.261. The SMILES string of the molecule is CCC1CCCN(S(=O)(=O)c2cccc(CNC)c2)C1. The van der Waals surface area contributed by atoms with Crippen LogP contribution in [0.2, 0.25) is 0 Å². The Hall–Kier alpha value is -0.910. The summed E-state index contributed by atoms with van der Waals surface area (Å²) in [5.74, 6) is 0.499. The Labute approximate surface area is 122 Å². The second-order valence-corrected chi connectivity index (χ2v) is 7.40. The standard InChI is InChI=1S/C15H24N2O2S/c1-3-13-7-5-9-17(12-13)20(18,19)15-8-4-6-14(10-15)11-16-2/h4,6,8,10,13,16H,3,5,7,9,11-12H2,1-2H3. The molecule has 0 aromatic heterocycles. The van der Waals surface area contributed by atoms with E-state index in [1.54, 1.807) is 16.4 Å². The van der Waals surface area contributed by atoms with Gasteiger partial charge in [0.15, 0.2) is 0 Å². The van der Waals surface area contributed by atoms with Gasteiger partial charge in [-0.15, -0.1) is 0 Å². The molecule has 1 heterocycles. The number of piperidine rings is 1. The van der Waals surface area contributed by atoms with Gasteiger partial charge in [-0.25, -0.2) is 8.42 Å². The Balaban J connectivity index is 2.23. The molecule has 0 radical (unpaired) electrons.